The number of rotatable bonds is 20. The van der Waals surface area contributed by atoms with E-state index in [0.717, 1.165) is 54.4 Å². The fourth-order valence-electron chi connectivity index (χ4n) is 11.8. The topological polar surface area (TPSA) is 339 Å². The van der Waals surface area contributed by atoms with Crippen LogP contribution < -0.4 is 43.0 Å². The van der Waals surface area contributed by atoms with E-state index in [1.54, 1.807) is 24.3 Å². The molecule has 0 unspecified atom stereocenters. The molecular formula is C62H87N11O12. The van der Waals surface area contributed by atoms with Crippen LogP contribution in [0, 0.1) is 5.92 Å². The molecule has 0 aliphatic carbocycles. The number of aryl methyl sites for hydroxylation is 1. The first-order chi connectivity index (χ1) is 40.8. The van der Waals surface area contributed by atoms with E-state index in [9.17, 15) is 58.5 Å². The number of nitrogens with two attached hydrogens (primary N) is 2. The van der Waals surface area contributed by atoms with Gasteiger partial charge in [0, 0.05) is 63.0 Å². The van der Waals surface area contributed by atoms with Gasteiger partial charge < -0.3 is 68.1 Å². The quantitative estimate of drug-likeness (QED) is 0.0563. The molecule has 0 saturated carbocycles. The van der Waals surface area contributed by atoms with E-state index in [2.05, 4.69) is 55.4 Å². The van der Waals surface area contributed by atoms with Crippen molar-refractivity contribution in [1.82, 2.24) is 41.3 Å². The molecule has 462 valence electrons. The highest BCUT2D eigenvalue weighted by atomic mass is 16.3. The van der Waals surface area contributed by atoms with Gasteiger partial charge >= 0.3 is 0 Å². The third kappa shape index (κ3) is 17.2. The molecule has 4 saturated heterocycles. The Morgan fingerprint density at radius 1 is 0.682 bits per heavy atom. The molecule has 3 aromatic rings. The second-order valence-electron chi connectivity index (χ2n) is 23.0. The number of piperazine rings is 1. The molecule has 3 aromatic carbocycles. The minimum atomic E-state index is -1.71. The van der Waals surface area contributed by atoms with Gasteiger partial charge in [0.2, 0.25) is 35.4 Å². The number of phenolic OH excluding ortho intramolecular Hbond substituents is 1. The van der Waals surface area contributed by atoms with Crippen molar-refractivity contribution in [3.8, 4) is 16.9 Å². The molecular weight excluding hydrogens is 1090 g/mol. The van der Waals surface area contributed by atoms with Gasteiger partial charge in [-0.1, -0.05) is 69.4 Å². The normalized spacial score (nSPS) is 24.0. The van der Waals surface area contributed by atoms with Crippen molar-refractivity contribution in [1.29, 1.82) is 0 Å². The zero-order valence-corrected chi connectivity index (χ0v) is 49.3. The molecule has 7 rings (SSSR count). The highest BCUT2D eigenvalue weighted by Crippen LogP contribution is 2.28. The van der Waals surface area contributed by atoms with Crippen molar-refractivity contribution in [3.05, 3.63) is 83.4 Å². The molecule has 7 amide bonds. The van der Waals surface area contributed by atoms with Crippen LogP contribution in [-0.4, -0.2) is 197 Å². The highest BCUT2D eigenvalue weighted by Gasteiger charge is 2.46. The number of anilines is 1. The van der Waals surface area contributed by atoms with Crippen LogP contribution in [0.3, 0.4) is 0 Å². The van der Waals surface area contributed by atoms with Crippen molar-refractivity contribution in [2.75, 3.05) is 70.3 Å². The Morgan fingerprint density at radius 2 is 1.32 bits per heavy atom. The fourth-order valence-corrected chi connectivity index (χ4v) is 11.8. The Morgan fingerprint density at radius 3 is 1.96 bits per heavy atom. The van der Waals surface area contributed by atoms with E-state index in [1.807, 2.05) is 12.1 Å². The standard InChI is InChI=1S/C62H87N11O12/c1-4-5-6-7-8-9-27-70-29-31-71(32-30-70)45-22-20-42(21-23-45)41-16-18-43(19-17-41)56(79)66-47-12-10-26-65-59(82)50-34-44(52(77)35-63)37-73(50)62(85)55(39(3)75)69-58(81)48(24-14-40-15-25-51(76)46(33-40)53(78)36-64)67-60(83)49-13-11-28-72(49)61(84)54(38(2)74)68-57(47)80/h15-23,25,33,38-39,44,47-50,54-55,74-76H,4-14,24,26-32,34-37,63-64H2,1-3H3,(H,65,82)(H,66,79)(H,67,83)(H,68,80)(H,69,81)/t38-,39-,44+,47+,48+,49+,50+,54+,55+/m1/s1. The summed E-state index contributed by atoms with van der Waals surface area (Å²) in [6.07, 6.45) is 4.69. The van der Waals surface area contributed by atoms with Crippen LogP contribution in [0.25, 0.3) is 11.1 Å². The zero-order valence-electron chi connectivity index (χ0n) is 49.3. The number of aromatic hydroxyl groups is 1. The number of amides is 7. The van der Waals surface area contributed by atoms with Crippen molar-refractivity contribution in [3.63, 3.8) is 0 Å². The third-order valence-corrected chi connectivity index (χ3v) is 16.9. The summed E-state index contributed by atoms with van der Waals surface area (Å²) < 4.78 is 0. The van der Waals surface area contributed by atoms with Crippen LogP contribution >= 0.6 is 0 Å². The lowest BCUT2D eigenvalue weighted by Crippen LogP contribution is -2.61. The number of nitrogens with one attached hydrogen (secondary N) is 5. The number of fused-ring (bicyclic) bond motifs is 2. The summed E-state index contributed by atoms with van der Waals surface area (Å²) in [6.45, 7) is 8.73. The Balaban J connectivity index is 1.10. The minimum Gasteiger partial charge on any atom is -0.507 e. The predicted octanol–water partition coefficient (Wildman–Crippen LogP) is 1.28. The smallest absolute Gasteiger partial charge is 0.251 e. The van der Waals surface area contributed by atoms with Gasteiger partial charge in [-0.25, -0.2) is 0 Å². The Labute approximate surface area is 497 Å². The molecule has 0 bridgehead atoms. The van der Waals surface area contributed by atoms with Gasteiger partial charge in [0.05, 0.1) is 30.9 Å². The largest absolute Gasteiger partial charge is 0.507 e. The maximum atomic E-state index is 14.5. The van der Waals surface area contributed by atoms with Crippen molar-refractivity contribution in [2.24, 2.45) is 17.4 Å². The number of nitrogens with zero attached hydrogens (tertiary/aromatic N) is 4. The van der Waals surface area contributed by atoms with Gasteiger partial charge in [-0.15, -0.1) is 0 Å². The second-order valence-corrected chi connectivity index (χ2v) is 23.0. The maximum Gasteiger partial charge on any atom is 0.251 e. The van der Waals surface area contributed by atoms with Crippen LogP contribution in [0.2, 0.25) is 0 Å². The van der Waals surface area contributed by atoms with Crippen molar-refractivity contribution < 1.29 is 58.5 Å². The lowest BCUT2D eigenvalue weighted by atomic mass is 9.99. The summed E-state index contributed by atoms with van der Waals surface area (Å²) >= 11 is 0. The molecule has 23 nitrogen and oxygen atoms in total. The summed E-state index contributed by atoms with van der Waals surface area (Å²) in [7, 11) is 0. The molecule has 0 aromatic heterocycles. The first kappa shape index (κ1) is 65.2. The summed E-state index contributed by atoms with van der Waals surface area (Å²) in [5, 5.41) is 46.0. The van der Waals surface area contributed by atoms with Gasteiger partial charge in [-0.2, -0.15) is 0 Å². The molecule has 23 heteroatoms. The predicted molar refractivity (Wildman–Crippen MR) is 319 cm³/mol. The molecule has 4 heterocycles. The number of carbonyl (C=O) groups is 9. The number of phenols is 1. The molecule has 12 N–H and O–H groups in total. The fraction of sp³-hybridized carbons (Fsp3) is 0.565. The van der Waals surface area contributed by atoms with E-state index in [1.165, 1.54) is 75.5 Å². The molecule has 9 atom stereocenters. The maximum absolute atomic E-state index is 14.5. The SMILES string of the molecule is CCCCCCCCN1CCN(c2ccc(-c3ccc(C(=O)N[C@H]4CCCNC(=O)[C@@H]5C[C@H](C(=O)CN)CN5C(=O)[C@H]([C@@H](C)O)NC(=O)[C@H](CCc5ccc(O)c(C(=O)CN)c5)NC(=O)[C@@H]5CCCN5C(=O)[C@H]([C@@H](C)O)NC4=O)cc3)cc2)CC1. The molecule has 4 aliphatic heterocycles. The monoisotopic (exact) mass is 1180 g/mol. The number of unbranched alkanes of at least 4 members (excludes halogenated alkanes) is 5. The van der Waals surface area contributed by atoms with E-state index in [4.69, 9.17) is 11.5 Å². The molecule has 0 spiro atoms. The lowest BCUT2D eigenvalue weighted by Gasteiger charge is -2.36. The Hall–Kier alpha value is -7.31. The summed E-state index contributed by atoms with van der Waals surface area (Å²) in [5.41, 5.74) is 14.9. The Kier molecular flexibility index (Phi) is 23.9. The van der Waals surface area contributed by atoms with Crippen molar-refractivity contribution in [2.45, 2.75) is 153 Å². The van der Waals surface area contributed by atoms with Crippen LogP contribution in [0.15, 0.2) is 66.7 Å². The van der Waals surface area contributed by atoms with Crippen molar-refractivity contribution >= 4 is 58.6 Å². The molecule has 0 radical (unpaired) electrons. The zero-order chi connectivity index (χ0) is 61.3. The number of hydrogen-bond donors (Lipinski definition) is 10. The van der Waals surface area contributed by atoms with Crippen LogP contribution in [0.5, 0.6) is 5.75 Å². The Bertz CT molecular complexity index is 2820. The number of aliphatic hydroxyl groups is 2. The summed E-state index contributed by atoms with van der Waals surface area (Å²) in [4.78, 5) is 133. The minimum absolute atomic E-state index is 0.00669. The van der Waals surface area contributed by atoms with Gasteiger partial charge in [0.15, 0.2) is 11.6 Å². The number of Topliss-reactive ketones (excluding diaryl/α,β-unsaturated/α-hetero) is 2. The first-order valence-corrected chi connectivity index (χ1v) is 30.2. The number of hydrogen-bond acceptors (Lipinski definition) is 16. The van der Waals surface area contributed by atoms with E-state index in [-0.39, 0.29) is 81.6 Å². The third-order valence-electron chi connectivity index (χ3n) is 16.9. The van der Waals surface area contributed by atoms with Crippen LogP contribution in [0.4, 0.5) is 5.69 Å². The van der Waals surface area contributed by atoms with Gasteiger partial charge in [0.25, 0.3) is 5.91 Å². The van der Waals surface area contributed by atoms with Gasteiger partial charge in [-0.05, 0) is 125 Å². The average molecular weight is 1180 g/mol. The number of aliphatic hydroxyl groups excluding tert-OH is 2. The number of benzene rings is 3. The van der Waals surface area contributed by atoms with Crippen LogP contribution in [0.1, 0.15) is 124 Å². The van der Waals surface area contributed by atoms with Crippen LogP contribution in [-0.2, 0) is 40.0 Å². The summed E-state index contributed by atoms with van der Waals surface area (Å²) in [6, 6.07) is 10.7. The van der Waals surface area contributed by atoms with Gasteiger partial charge in [0.1, 0.15) is 42.0 Å². The number of ketones is 2. The second kappa shape index (κ2) is 31.2. The summed E-state index contributed by atoms with van der Waals surface area (Å²) in [5.74, 6) is -7.80. The highest BCUT2D eigenvalue weighted by molar-refractivity contribution is 6.01. The van der Waals surface area contributed by atoms with E-state index >= 15 is 0 Å². The number of carbonyl (C=O) groups excluding carboxylic acids is 9. The lowest BCUT2D eigenvalue weighted by molar-refractivity contribution is -0.145. The molecule has 4 aliphatic rings. The average Bonchev–Trinajstić information content (AvgIpc) is 3.08. The molecule has 4 fully saturated rings. The first-order valence-electron chi connectivity index (χ1n) is 30.2. The molecule has 85 heavy (non-hydrogen) atoms. The van der Waals surface area contributed by atoms with E-state index < -0.39 is 114 Å². The van der Waals surface area contributed by atoms with Gasteiger partial charge in [-0.3, -0.25) is 48.1 Å². The van der Waals surface area contributed by atoms with E-state index in [0.29, 0.717) is 12.0 Å².